The molecule has 24 heavy (non-hydrogen) atoms. The molecule has 0 fully saturated rings. The molecule has 2 heterocycles. The molecule has 118 valence electrons. The summed E-state index contributed by atoms with van der Waals surface area (Å²) in [5, 5.41) is 2.51. The summed E-state index contributed by atoms with van der Waals surface area (Å²) >= 11 is 0.222. The Kier molecular flexibility index (Phi) is 3.03. The van der Waals surface area contributed by atoms with Crippen molar-refractivity contribution in [1.29, 1.82) is 0 Å². The van der Waals surface area contributed by atoms with Gasteiger partial charge in [-0.2, -0.15) is 0 Å². The summed E-state index contributed by atoms with van der Waals surface area (Å²) in [6.07, 6.45) is 4.53. The quantitative estimate of drug-likeness (QED) is 0.598. The van der Waals surface area contributed by atoms with Crippen molar-refractivity contribution >= 4 is 42.0 Å². The Labute approximate surface area is 147 Å². The molecule has 0 aromatic heterocycles. The van der Waals surface area contributed by atoms with Gasteiger partial charge in [0.05, 0.1) is 0 Å². The van der Waals surface area contributed by atoms with Crippen molar-refractivity contribution in [3.05, 3.63) is 72.3 Å². The fourth-order valence-corrected chi connectivity index (χ4v) is 6.49. The predicted octanol–water partition coefficient (Wildman–Crippen LogP) is 3.77. The van der Waals surface area contributed by atoms with Crippen LogP contribution in [0.4, 0.5) is 5.69 Å². The number of hydrogen-bond acceptors (Lipinski definition) is 2. The van der Waals surface area contributed by atoms with Crippen LogP contribution in [0.25, 0.3) is 16.8 Å². The van der Waals surface area contributed by atoms with E-state index in [2.05, 4.69) is 84.6 Å². The Balaban J connectivity index is 1.65. The van der Waals surface area contributed by atoms with Gasteiger partial charge in [0.2, 0.25) is 0 Å². The molecule has 3 aromatic carbocycles. The number of nitrogens with zero attached hydrogens (tertiary/aromatic N) is 1. The number of hydrogen-bond donors (Lipinski definition) is 0. The fraction of sp³-hybridized carbons (Fsp3) is 0.143. The third-order valence-corrected chi connectivity index (χ3v) is 7.47. The number of benzene rings is 3. The molecule has 0 bridgehead atoms. The van der Waals surface area contributed by atoms with Crippen LogP contribution in [0.3, 0.4) is 0 Å². The minimum absolute atomic E-state index is 0.222. The fourth-order valence-electron chi connectivity index (χ4n) is 3.65. The van der Waals surface area contributed by atoms with Gasteiger partial charge in [-0.1, -0.05) is 0 Å². The maximum atomic E-state index is 6.64. The molecule has 2 nitrogen and oxygen atoms in total. The third kappa shape index (κ3) is 1.89. The van der Waals surface area contributed by atoms with E-state index in [-0.39, 0.29) is 19.6 Å². The first kappa shape index (κ1) is 14.2. The Hall–Kier alpha value is -2.22. The topological polar surface area (TPSA) is 12.5 Å². The molecule has 2 aliphatic rings. The second-order valence-corrected chi connectivity index (χ2v) is 8.66. The first-order chi connectivity index (χ1) is 11.8. The number of ether oxygens (including phenoxy) is 1. The summed E-state index contributed by atoms with van der Waals surface area (Å²) in [5.74, 6) is 0.990. The van der Waals surface area contributed by atoms with Crippen molar-refractivity contribution in [2.24, 2.45) is 0 Å². The Morgan fingerprint density at radius 1 is 1.00 bits per heavy atom. The summed E-state index contributed by atoms with van der Waals surface area (Å²) in [6.45, 7) is 3.14. The third-order valence-electron chi connectivity index (χ3n) is 4.75. The zero-order valence-corrected chi connectivity index (χ0v) is 15.1. The standard InChI is InChI=1S/C21H17NOSe/c1-2-22-18-9-5-6-10-20(18)24-21(22)14-13-17-16-8-4-3-7-15(16)11-12-19(17)23-21/h3-14H,2H2,1H3. The molecule has 2 aliphatic heterocycles. The van der Waals surface area contributed by atoms with E-state index >= 15 is 0 Å². The second kappa shape index (κ2) is 5.14. The molecule has 3 heteroatoms. The van der Waals surface area contributed by atoms with Crippen LogP contribution in [0, 0.1) is 0 Å². The molecule has 3 aromatic rings. The maximum absolute atomic E-state index is 6.64. The molecule has 1 unspecified atom stereocenters. The molecular formula is C21H17NOSe. The number of fused-ring (bicyclic) bond motifs is 4. The van der Waals surface area contributed by atoms with Gasteiger partial charge in [0.1, 0.15) is 0 Å². The van der Waals surface area contributed by atoms with Crippen LogP contribution in [0.5, 0.6) is 5.75 Å². The molecule has 0 N–H and O–H groups in total. The zero-order chi connectivity index (χ0) is 16.1. The van der Waals surface area contributed by atoms with E-state index in [0.29, 0.717) is 0 Å². The van der Waals surface area contributed by atoms with Gasteiger partial charge < -0.3 is 0 Å². The Morgan fingerprint density at radius 3 is 2.75 bits per heavy atom. The molecule has 1 atom stereocenters. The van der Waals surface area contributed by atoms with Crippen LogP contribution in [-0.2, 0) is 0 Å². The second-order valence-electron chi connectivity index (χ2n) is 6.08. The first-order valence-electron chi connectivity index (χ1n) is 8.26. The van der Waals surface area contributed by atoms with Gasteiger partial charge in [-0.05, 0) is 0 Å². The van der Waals surface area contributed by atoms with Crippen LogP contribution in [0.2, 0.25) is 0 Å². The summed E-state index contributed by atoms with van der Waals surface area (Å²) in [7, 11) is 0. The first-order valence-corrected chi connectivity index (χ1v) is 9.98. The van der Waals surface area contributed by atoms with Gasteiger partial charge in [-0.3, -0.25) is 0 Å². The van der Waals surface area contributed by atoms with Crippen molar-refractivity contribution < 1.29 is 4.74 Å². The zero-order valence-electron chi connectivity index (χ0n) is 13.4. The van der Waals surface area contributed by atoms with Gasteiger partial charge in [-0.25, -0.2) is 0 Å². The van der Waals surface area contributed by atoms with Crippen LogP contribution in [0.1, 0.15) is 12.5 Å². The van der Waals surface area contributed by atoms with Crippen molar-refractivity contribution in [2.45, 2.75) is 11.5 Å². The van der Waals surface area contributed by atoms with Gasteiger partial charge >= 0.3 is 148 Å². The summed E-state index contributed by atoms with van der Waals surface area (Å²) in [4.78, 5) is 2.40. The normalized spacial score (nSPS) is 21.0. The molecular weight excluding hydrogens is 361 g/mol. The van der Waals surface area contributed by atoms with E-state index < -0.39 is 0 Å². The Morgan fingerprint density at radius 2 is 1.83 bits per heavy atom. The van der Waals surface area contributed by atoms with Crippen molar-refractivity contribution in [2.75, 3.05) is 11.4 Å². The van der Waals surface area contributed by atoms with E-state index in [1.54, 1.807) is 0 Å². The van der Waals surface area contributed by atoms with Crippen LogP contribution in [0.15, 0.2) is 66.7 Å². The number of para-hydroxylation sites is 1. The van der Waals surface area contributed by atoms with E-state index in [1.165, 1.54) is 26.5 Å². The van der Waals surface area contributed by atoms with Crippen molar-refractivity contribution in [3.8, 4) is 5.75 Å². The molecule has 0 aliphatic carbocycles. The minimum atomic E-state index is -0.332. The molecule has 0 amide bonds. The molecule has 0 radical (unpaired) electrons. The molecule has 1 spiro atoms. The van der Waals surface area contributed by atoms with Crippen LogP contribution >= 0.6 is 0 Å². The SMILES string of the molecule is CCN1c2ccccc2[Se]C12C=Cc1c(ccc3ccccc13)O2. The average Bonchev–Trinajstić information content (AvgIpc) is 2.93. The van der Waals surface area contributed by atoms with Crippen molar-refractivity contribution in [3.63, 3.8) is 0 Å². The van der Waals surface area contributed by atoms with E-state index in [0.717, 1.165) is 12.3 Å². The van der Waals surface area contributed by atoms with Gasteiger partial charge in [0.15, 0.2) is 0 Å². The molecule has 5 rings (SSSR count). The monoisotopic (exact) mass is 379 g/mol. The summed E-state index contributed by atoms with van der Waals surface area (Å²) in [5.41, 5.74) is 2.51. The van der Waals surface area contributed by atoms with Crippen LogP contribution < -0.4 is 14.1 Å². The van der Waals surface area contributed by atoms with Crippen LogP contribution in [-0.4, -0.2) is 26.1 Å². The summed E-state index contributed by atoms with van der Waals surface area (Å²) < 4.78 is 7.73. The van der Waals surface area contributed by atoms with E-state index in [9.17, 15) is 0 Å². The summed E-state index contributed by atoms with van der Waals surface area (Å²) in [6, 6.07) is 21.5. The van der Waals surface area contributed by atoms with Gasteiger partial charge in [0, 0.05) is 0 Å². The average molecular weight is 378 g/mol. The van der Waals surface area contributed by atoms with E-state index in [4.69, 9.17) is 4.74 Å². The number of rotatable bonds is 1. The van der Waals surface area contributed by atoms with Gasteiger partial charge in [0.25, 0.3) is 0 Å². The number of likely N-dealkylation sites (N-methyl/N-ethyl adjacent to an activating group) is 1. The molecule has 0 saturated carbocycles. The van der Waals surface area contributed by atoms with Crippen molar-refractivity contribution in [1.82, 2.24) is 0 Å². The molecule has 0 saturated heterocycles. The van der Waals surface area contributed by atoms with E-state index in [1.807, 2.05) is 0 Å². The predicted molar refractivity (Wildman–Crippen MR) is 101 cm³/mol. The Bertz CT molecular complexity index is 980. The van der Waals surface area contributed by atoms with Gasteiger partial charge in [-0.15, -0.1) is 0 Å². The number of anilines is 1.